The number of halogens is 1. The summed E-state index contributed by atoms with van der Waals surface area (Å²) in [6.07, 6.45) is 3.67. The molecule has 8 heteroatoms. The van der Waals surface area contributed by atoms with Gasteiger partial charge in [-0.15, -0.1) is 0 Å². The summed E-state index contributed by atoms with van der Waals surface area (Å²) in [5.41, 5.74) is 1.43. The molecule has 3 aromatic rings. The molecule has 0 bridgehead atoms. The van der Waals surface area contributed by atoms with Gasteiger partial charge in [0.1, 0.15) is 17.6 Å². The highest BCUT2D eigenvalue weighted by atomic mass is 79.9. The Bertz CT molecular complexity index is 1000. The Kier molecular flexibility index (Phi) is 7.24. The van der Waals surface area contributed by atoms with Gasteiger partial charge in [0.25, 0.3) is 5.91 Å². The number of rotatable bonds is 8. The fourth-order valence-corrected chi connectivity index (χ4v) is 3.24. The number of carbonyl (C=O) groups excluding carboxylic acids is 2. The van der Waals surface area contributed by atoms with Crippen LogP contribution in [0.25, 0.3) is 0 Å². The molecular formula is C22H23BrN4O3. The van der Waals surface area contributed by atoms with Crippen molar-refractivity contribution in [1.82, 2.24) is 20.2 Å². The number of carbonyl (C=O) groups is 2. The zero-order chi connectivity index (χ0) is 21.5. The van der Waals surface area contributed by atoms with Crippen LogP contribution in [0.15, 0.2) is 65.4 Å². The Morgan fingerprint density at radius 3 is 2.43 bits per heavy atom. The van der Waals surface area contributed by atoms with Crippen molar-refractivity contribution >= 4 is 27.7 Å². The van der Waals surface area contributed by atoms with Gasteiger partial charge < -0.3 is 19.9 Å². The summed E-state index contributed by atoms with van der Waals surface area (Å²) in [6.45, 7) is 0.233. The lowest BCUT2D eigenvalue weighted by Crippen LogP contribution is -2.34. The molecule has 2 N–H and O–H groups in total. The Labute approximate surface area is 183 Å². The highest BCUT2D eigenvalue weighted by Gasteiger charge is 2.21. The monoisotopic (exact) mass is 470 g/mol. The Hall–Kier alpha value is -3.13. The summed E-state index contributed by atoms with van der Waals surface area (Å²) in [5, 5.41) is 5.79. The van der Waals surface area contributed by atoms with E-state index >= 15 is 0 Å². The van der Waals surface area contributed by atoms with Crippen molar-refractivity contribution < 1.29 is 14.3 Å². The van der Waals surface area contributed by atoms with E-state index in [2.05, 4.69) is 31.5 Å². The van der Waals surface area contributed by atoms with E-state index < -0.39 is 6.04 Å². The lowest BCUT2D eigenvalue weighted by molar-refractivity contribution is -0.121. The van der Waals surface area contributed by atoms with Gasteiger partial charge in [-0.25, -0.2) is 4.98 Å². The van der Waals surface area contributed by atoms with Crippen molar-refractivity contribution in [2.45, 2.75) is 12.5 Å². The molecule has 1 aromatic heterocycles. The van der Waals surface area contributed by atoms with E-state index in [1.807, 2.05) is 42.1 Å². The van der Waals surface area contributed by atoms with E-state index in [1.165, 1.54) is 0 Å². The molecule has 0 saturated carbocycles. The minimum absolute atomic E-state index is 0.152. The van der Waals surface area contributed by atoms with Crippen molar-refractivity contribution in [3.05, 3.63) is 82.3 Å². The first kappa shape index (κ1) is 21.6. The second-order valence-corrected chi connectivity index (χ2v) is 7.60. The Morgan fingerprint density at radius 2 is 1.83 bits per heavy atom. The van der Waals surface area contributed by atoms with Gasteiger partial charge in [-0.3, -0.25) is 9.59 Å². The molecule has 1 atom stereocenters. The smallest absolute Gasteiger partial charge is 0.251 e. The first-order valence-electron chi connectivity index (χ1n) is 9.42. The first-order valence-corrected chi connectivity index (χ1v) is 10.2. The van der Waals surface area contributed by atoms with Crippen LogP contribution in [0.3, 0.4) is 0 Å². The number of nitrogens with one attached hydrogen (secondary N) is 2. The summed E-state index contributed by atoms with van der Waals surface area (Å²) >= 11 is 3.34. The summed E-state index contributed by atoms with van der Waals surface area (Å²) < 4.78 is 7.98. The van der Waals surface area contributed by atoms with Gasteiger partial charge in [0.15, 0.2) is 0 Å². The summed E-state index contributed by atoms with van der Waals surface area (Å²) in [5.74, 6) is 1.05. The fraction of sp³-hybridized carbons (Fsp3) is 0.227. The van der Waals surface area contributed by atoms with Crippen molar-refractivity contribution in [2.75, 3.05) is 13.7 Å². The van der Waals surface area contributed by atoms with Crippen LogP contribution in [-0.4, -0.2) is 35.0 Å². The number of ether oxygens (including phenoxy) is 1. The molecule has 30 heavy (non-hydrogen) atoms. The Balaban J connectivity index is 1.62. The first-order chi connectivity index (χ1) is 14.5. The molecule has 0 radical (unpaired) electrons. The highest BCUT2D eigenvalue weighted by Crippen LogP contribution is 2.23. The van der Waals surface area contributed by atoms with E-state index in [-0.39, 0.29) is 24.8 Å². The van der Waals surface area contributed by atoms with Crippen molar-refractivity contribution in [2.24, 2.45) is 7.05 Å². The molecule has 0 fully saturated rings. The van der Waals surface area contributed by atoms with E-state index in [0.717, 1.165) is 15.8 Å². The summed E-state index contributed by atoms with van der Waals surface area (Å²) in [7, 11) is 3.49. The minimum Gasteiger partial charge on any atom is -0.497 e. The number of aromatic nitrogens is 2. The maximum absolute atomic E-state index is 12.6. The molecule has 0 aliphatic heterocycles. The number of imidazole rings is 1. The second kappa shape index (κ2) is 10.1. The lowest BCUT2D eigenvalue weighted by Gasteiger charge is -2.19. The quantitative estimate of drug-likeness (QED) is 0.529. The largest absolute Gasteiger partial charge is 0.497 e. The zero-order valence-electron chi connectivity index (χ0n) is 16.8. The topological polar surface area (TPSA) is 85.2 Å². The standard InChI is InChI=1S/C22H23BrN4O3/c1-27-14-13-24-21(27)20(15-5-9-18(30-2)10-6-15)26-19(28)11-12-25-22(29)16-3-7-17(23)8-4-16/h3-10,13-14,20H,11-12H2,1-2H3,(H,25,29)(H,26,28). The van der Waals surface area contributed by atoms with Gasteiger partial charge in [-0.1, -0.05) is 28.1 Å². The molecule has 7 nitrogen and oxygen atoms in total. The van der Waals surface area contributed by atoms with E-state index in [4.69, 9.17) is 4.74 Å². The molecule has 0 spiro atoms. The van der Waals surface area contributed by atoms with E-state index in [0.29, 0.717) is 11.4 Å². The normalized spacial score (nSPS) is 11.6. The van der Waals surface area contributed by atoms with Gasteiger partial charge >= 0.3 is 0 Å². The number of amides is 2. The SMILES string of the molecule is COc1ccc(C(NC(=O)CCNC(=O)c2ccc(Br)cc2)c2nccn2C)cc1. The van der Waals surface area contributed by atoms with Crippen LogP contribution in [0.2, 0.25) is 0 Å². The average Bonchev–Trinajstić information content (AvgIpc) is 3.18. The van der Waals surface area contributed by atoms with Crippen LogP contribution in [0.1, 0.15) is 34.2 Å². The van der Waals surface area contributed by atoms with Crippen LogP contribution in [0.5, 0.6) is 5.75 Å². The summed E-state index contributed by atoms with van der Waals surface area (Å²) in [4.78, 5) is 29.2. The van der Waals surface area contributed by atoms with Gasteiger partial charge in [0.05, 0.1) is 7.11 Å². The van der Waals surface area contributed by atoms with E-state index in [1.54, 1.807) is 37.6 Å². The maximum atomic E-state index is 12.6. The molecule has 2 amide bonds. The molecule has 0 aliphatic rings. The van der Waals surface area contributed by atoms with Crippen LogP contribution < -0.4 is 15.4 Å². The predicted molar refractivity (Wildman–Crippen MR) is 117 cm³/mol. The fourth-order valence-electron chi connectivity index (χ4n) is 2.97. The molecule has 3 rings (SSSR count). The number of nitrogens with zero attached hydrogens (tertiary/aromatic N) is 2. The maximum Gasteiger partial charge on any atom is 0.251 e. The predicted octanol–water partition coefficient (Wildman–Crippen LogP) is 3.22. The van der Waals surface area contributed by atoms with Gasteiger partial charge in [-0.2, -0.15) is 0 Å². The van der Waals surface area contributed by atoms with Crippen molar-refractivity contribution in [3.8, 4) is 5.75 Å². The van der Waals surface area contributed by atoms with E-state index in [9.17, 15) is 9.59 Å². The molecule has 1 heterocycles. The third kappa shape index (κ3) is 5.48. The van der Waals surface area contributed by atoms with Crippen molar-refractivity contribution in [3.63, 3.8) is 0 Å². The lowest BCUT2D eigenvalue weighted by atomic mass is 10.1. The second-order valence-electron chi connectivity index (χ2n) is 6.68. The third-order valence-electron chi connectivity index (χ3n) is 4.62. The van der Waals surface area contributed by atoms with Gasteiger partial charge in [-0.05, 0) is 42.0 Å². The van der Waals surface area contributed by atoms with Gasteiger partial charge in [0.2, 0.25) is 5.91 Å². The van der Waals surface area contributed by atoms with Crippen LogP contribution >= 0.6 is 15.9 Å². The average molecular weight is 471 g/mol. The van der Waals surface area contributed by atoms with Crippen LogP contribution in [-0.2, 0) is 11.8 Å². The number of methoxy groups -OCH3 is 1. The number of hydrogen-bond acceptors (Lipinski definition) is 4. The molecule has 0 aliphatic carbocycles. The van der Waals surface area contributed by atoms with Crippen molar-refractivity contribution in [1.29, 1.82) is 0 Å². The molecule has 2 aromatic carbocycles. The van der Waals surface area contributed by atoms with Crippen LogP contribution in [0, 0.1) is 0 Å². The van der Waals surface area contributed by atoms with Gasteiger partial charge in [0, 0.05) is 42.4 Å². The Morgan fingerprint density at radius 1 is 1.13 bits per heavy atom. The summed E-state index contributed by atoms with van der Waals surface area (Å²) in [6, 6.07) is 14.1. The number of benzene rings is 2. The minimum atomic E-state index is -0.411. The highest BCUT2D eigenvalue weighted by molar-refractivity contribution is 9.10. The third-order valence-corrected chi connectivity index (χ3v) is 5.14. The number of hydrogen-bond donors (Lipinski definition) is 2. The molecular weight excluding hydrogens is 448 g/mol. The molecule has 156 valence electrons. The zero-order valence-corrected chi connectivity index (χ0v) is 18.3. The molecule has 0 saturated heterocycles. The van der Waals surface area contributed by atoms with Crippen LogP contribution in [0.4, 0.5) is 0 Å². The molecule has 1 unspecified atom stereocenters. The number of aryl methyl sites for hydroxylation is 1.